The van der Waals surface area contributed by atoms with E-state index in [1.54, 1.807) is 31.2 Å². The molecule has 1 aliphatic rings. The van der Waals surface area contributed by atoms with Crippen molar-refractivity contribution in [3.8, 4) is 5.75 Å². The Balaban J connectivity index is 2.03. The lowest BCUT2D eigenvalue weighted by Gasteiger charge is -2.23. The van der Waals surface area contributed by atoms with Crippen LogP contribution in [0.4, 0.5) is 0 Å². The molecule has 5 heteroatoms. The second-order valence-electron chi connectivity index (χ2n) is 4.46. The van der Waals surface area contributed by atoms with Gasteiger partial charge in [0.2, 0.25) is 0 Å². The molecule has 1 unspecified atom stereocenters. The van der Waals surface area contributed by atoms with Crippen molar-refractivity contribution in [3.63, 3.8) is 0 Å². The number of nitrogens with one attached hydrogen (secondary N) is 1. The van der Waals surface area contributed by atoms with Crippen molar-refractivity contribution >= 4 is 9.84 Å². The van der Waals surface area contributed by atoms with Gasteiger partial charge in [-0.2, -0.15) is 0 Å². The minimum Gasteiger partial charge on any atom is -0.489 e. The number of hydrogen-bond donors (Lipinski definition) is 1. The molecule has 0 spiro atoms. The van der Waals surface area contributed by atoms with Crippen molar-refractivity contribution < 1.29 is 13.2 Å². The molecule has 0 saturated carbocycles. The fourth-order valence-electron chi connectivity index (χ4n) is 2.01. The van der Waals surface area contributed by atoms with Crippen molar-refractivity contribution in [2.24, 2.45) is 0 Å². The van der Waals surface area contributed by atoms with Crippen LogP contribution in [0.5, 0.6) is 5.75 Å². The van der Waals surface area contributed by atoms with E-state index in [-0.39, 0.29) is 11.9 Å². The summed E-state index contributed by atoms with van der Waals surface area (Å²) in [6.45, 7) is 3.55. The summed E-state index contributed by atoms with van der Waals surface area (Å²) in [5.41, 5.74) is 0. The van der Waals surface area contributed by atoms with Gasteiger partial charge in [-0.25, -0.2) is 8.42 Å². The Morgan fingerprint density at radius 2 is 2.06 bits per heavy atom. The van der Waals surface area contributed by atoms with Gasteiger partial charge >= 0.3 is 0 Å². The minimum absolute atomic E-state index is 0.125. The molecule has 1 heterocycles. The molecule has 1 aromatic carbocycles. The number of piperidine rings is 1. The molecule has 1 saturated heterocycles. The van der Waals surface area contributed by atoms with E-state index in [2.05, 4.69) is 5.32 Å². The largest absolute Gasteiger partial charge is 0.489 e. The van der Waals surface area contributed by atoms with Crippen LogP contribution in [0.2, 0.25) is 0 Å². The van der Waals surface area contributed by atoms with Crippen LogP contribution in [-0.2, 0) is 9.84 Å². The van der Waals surface area contributed by atoms with Crippen LogP contribution >= 0.6 is 0 Å². The van der Waals surface area contributed by atoms with Crippen LogP contribution in [0.1, 0.15) is 19.8 Å². The average Bonchev–Trinajstić information content (AvgIpc) is 2.40. The van der Waals surface area contributed by atoms with Gasteiger partial charge in [-0.05, 0) is 43.7 Å². The maximum Gasteiger partial charge on any atom is 0.178 e. The smallest absolute Gasteiger partial charge is 0.178 e. The zero-order chi connectivity index (χ0) is 13.0. The number of rotatable bonds is 4. The van der Waals surface area contributed by atoms with Crippen LogP contribution in [0.25, 0.3) is 0 Å². The SMILES string of the molecule is CCS(=O)(=O)c1ccc(OC2CCCNC2)cc1. The molecular weight excluding hydrogens is 250 g/mol. The molecule has 1 fully saturated rings. The molecule has 0 amide bonds. The van der Waals surface area contributed by atoms with Crippen molar-refractivity contribution in [1.82, 2.24) is 5.32 Å². The molecule has 100 valence electrons. The lowest BCUT2D eigenvalue weighted by molar-refractivity contribution is 0.167. The molecule has 0 aromatic heterocycles. The fraction of sp³-hybridized carbons (Fsp3) is 0.538. The quantitative estimate of drug-likeness (QED) is 0.902. The first kappa shape index (κ1) is 13.4. The van der Waals surface area contributed by atoms with E-state index in [0.29, 0.717) is 4.90 Å². The summed E-state index contributed by atoms with van der Waals surface area (Å²) in [6.07, 6.45) is 2.35. The molecule has 2 rings (SSSR count). The van der Waals surface area contributed by atoms with Gasteiger partial charge in [-0.15, -0.1) is 0 Å². The van der Waals surface area contributed by atoms with Gasteiger partial charge in [0.25, 0.3) is 0 Å². The van der Waals surface area contributed by atoms with Gasteiger partial charge in [0.05, 0.1) is 10.6 Å². The van der Waals surface area contributed by atoms with Crippen molar-refractivity contribution in [2.75, 3.05) is 18.8 Å². The number of ether oxygens (including phenoxy) is 1. The zero-order valence-electron chi connectivity index (χ0n) is 10.6. The molecule has 0 aliphatic carbocycles. The highest BCUT2D eigenvalue weighted by molar-refractivity contribution is 7.91. The monoisotopic (exact) mass is 269 g/mol. The summed E-state index contributed by atoms with van der Waals surface area (Å²) >= 11 is 0. The summed E-state index contributed by atoms with van der Waals surface area (Å²) in [5, 5.41) is 3.28. The molecular formula is C13H19NO3S. The average molecular weight is 269 g/mol. The Kier molecular flexibility index (Phi) is 4.24. The van der Waals surface area contributed by atoms with Gasteiger partial charge in [-0.3, -0.25) is 0 Å². The predicted molar refractivity (Wildman–Crippen MR) is 70.7 cm³/mol. The van der Waals surface area contributed by atoms with Crippen molar-refractivity contribution in [3.05, 3.63) is 24.3 Å². The van der Waals surface area contributed by atoms with E-state index < -0.39 is 9.84 Å². The Morgan fingerprint density at radius 1 is 1.33 bits per heavy atom. The lowest BCUT2D eigenvalue weighted by atomic mass is 10.1. The van der Waals surface area contributed by atoms with E-state index in [0.717, 1.165) is 31.7 Å². The molecule has 0 bridgehead atoms. The molecule has 0 radical (unpaired) electrons. The number of benzene rings is 1. The maximum atomic E-state index is 11.7. The van der Waals surface area contributed by atoms with Gasteiger partial charge in [0.1, 0.15) is 11.9 Å². The van der Waals surface area contributed by atoms with Crippen LogP contribution in [0.15, 0.2) is 29.2 Å². The first-order chi connectivity index (χ1) is 8.62. The number of hydrogen-bond acceptors (Lipinski definition) is 4. The predicted octanol–water partition coefficient (Wildman–Crippen LogP) is 1.61. The van der Waals surface area contributed by atoms with Crippen LogP contribution in [-0.4, -0.2) is 33.4 Å². The molecule has 1 aliphatic heterocycles. The molecule has 1 aromatic rings. The van der Waals surface area contributed by atoms with E-state index in [9.17, 15) is 8.42 Å². The normalized spacial score (nSPS) is 20.6. The standard InChI is InChI=1S/C13H19NO3S/c1-2-18(15,16)13-7-5-11(6-8-13)17-12-4-3-9-14-10-12/h5-8,12,14H,2-4,9-10H2,1H3. The summed E-state index contributed by atoms with van der Waals surface area (Å²) in [6, 6.07) is 6.70. The third kappa shape index (κ3) is 3.23. The topological polar surface area (TPSA) is 55.4 Å². The fourth-order valence-corrected chi connectivity index (χ4v) is 2.89. The second-order valence-corrected chi connectivity index (χ2v) is 6.74. The first-order valence-corrected chi connectivity index (χ1v) is 7.97. The Labute approximate surface area is 108 Å². The summed E-state index contributed by atoms with van der Waals surface area (Å²) in [7, 11) is -3.12. The first-order valence-electron chi connectivity index (χ1n) is 6.32. The van der Waals surface area contributed by atoms with Gasteiger partial charge in [0, 0.05) is 6.54 Å². The molecule has 1 N–H and O–H groups in total. The third-order valence-electron chi connectivity index (χ3n) is 3.12. The summed E-state index contributed by atoms with van der Waals surface area (Å²) in [5.74, 6) is 0.860. The third-order valence-corrected chi connectivity index (χ3v) is 4.87. The van der Waals surface area contributed by atoms with Crippen molar-refractivity contribution in [1.29, 1.82) is 0 Å². The second kappa shape index (κ2) is 5.71. The van der Waals surface area contributed by atoms with Crippen LogP contribution < -0.4 is 10.1 Å². The van der Waals surface area contributed by atoms with E-state index in [1.807, 2.05) is 0 Å². The van der Waals surface area contributed by atoms with Crippen LogP contribution in [0, 0.1) is 0 Å². The summed E-state index contributed by atoms with van der Waals surface area (Å²) < 4.78 is 29.1. The maximum absolute atomic E-state index is 11.7. The Hall–Kier alpha value is -1.07. The van der Waals surface area contributed by atoms with Gasteiger partial charge in [0.15, 0.2) is 9.84 Å². The molecule has 18 heavy (non-hydrogen) atoms. The molecule has 4 nitrogen and oxygen atoms in total. The van der Waals surface area contributed by atoms with E-state index in [1.165, 1.54) is 0 Å². The summed E-state index contributed by atoms with van der Waals surface area (Å²) in [4.78, 5) is 0.360. The minimum atomic E-state index is -3.12. The van der Waals surface area contributed by atoms with Gasteiger partial charge in [-0.1, -0.05) is 6.92 Å². The highest BCUT2D eigenvalue weighted by Gasteiger charge is 2.15. The Morgan fingerprint density at radius 3 is 2.61 bits per heavy atom. The number of sulfone groups is 1. The lowest BCUT2D eigenvalue weighted by Crippen LogP contribution is -2.37. The highest BCUT2D eigenvalue weighted by atomic mass is 32.2. The van der Waals surface area contributed by atoms with Crippen molar-refractivity contribution in [2.45, 2.75) is 30.8 Å². The highest BCUT2D eigenvalue weighted by Crippen LogP contribution is 2.19. The van der Waals surface area contributed by atoms with E-state index >= 15 is 0 Å². The van der Waals surface area contributed by atoms with Crippen LogP contribution in [0.3, 0.4) is 0 Å². The molecule has 1 atom stereocenters. The van der Waals surface area contributed by atoms with Gasteiger partial charge < -0.3 is 10.1 Å². The Bertz CT molecular complexity index is 475. The zero-order valence-corrected chi connectivity index (χ0v) is 11.4. The van der Waals surface area contributed by atoms with E-state index in [4.69, 9.17) is 4.74 Å².